The SMILES string of the molecule is O=C(O)Cc1cnn(-c2cccc(C(F)(F)F)c2)c1Cl. The average molecular weight is 305 g/mol. The van der Waals surface area contributed by atoms with Gasteiger partial charge in [0.05, 0.1) is 23.9 Å². The first-order chi connectivity index (χ1) is 9.29. The summed E-state index contributed by atoms with van der Waals surface area (Å²) in [4.78, 5) is 10.6. The van der Waals surface area contributed by atoms with E-state index in [-0.39, 0.29) is 22.8 Å². The average Bonchev–Trinajstić information content (AvgIpc) is 2.69. The van der Waals surface area contributed by atoms with Crippen molar-refractivity contribution in [2.45, 2.75) is 12.6 Å². The van der Waals surface area contributed by atoms with Gasteiger partial charge < -0.3 is 5.11 Å². The minimum atomic E-state index is -4.47. The van der Waals surface area contributed by atoms with E-state index in [9.17, 15) is 18.0 Å². The van der Waals surface area contributed by atoms with Crippen molar-refractivity contribution in [3.8, 4) is 5.69 Å². The molecule has 106 valence electrons. The quantitative estimate of drug-likeness (QED) is 0.947. The molecule has 1 aromatic heterocycles. The summed E-state index contributed by atoms with van der Waals surface area (Å²) in [5, 5.41) is 12.5. The summed E-state index contributed by atoms with van der Waals surface area (Å²) >= 11 is 5.93. The lowest BCUT2D eigenvalue weighted by Gasteiger charge is -2.09. The second-order valence-corrected chi connectivity index (χ2v) is 4.35. The largest absolute Gasteiger partial charge is 0.481 e. The summed E-state index contributed by atoms with van der Waals surface area (Å²) in [6.45, 7) is 0. The molecule has 4 nitrogen and oxygen atoms in total. The van der Waals surface area contributed by atoms with Gasteiger partial charge in [0, 0.05) is 5.56 Å². The number of halogens is 4. The number of rotatable bonds is 3. The number of carboxylic acid groups (broad SMARTS) is 1. The van der Waals surface area contributed by atoms with E-state index in [4.69, 9.17) is 16.7 Å². The third-order valence-electron chi connectivity index (χ3n) is 2.54. The van der Waals surface area contributed by atoms with Crippen molar-refractivity contribution in [1.82, 2.24) is 9.78 Å². The van der Waals surface area contributed by atoms with Gasteiger partial charge in [-0.15, -0.1) is 0 Å². The first-order valence-electron chi connectivity index (χ1n) is 5.41. The van der Waals surface area contributed by atoms with E-state index in [2.05, 4.69) is 5.10 Å². The monoisotopic (exact) mass is 304 g/mol. The van der Waals surface area contributed by atoms with Gasteiger partial charge >= 0.3 is 12.1 Å². The Kier molecular flexibility index (Phi) is 3.71. The zero-order chi connectivity index (χ0) is 14.9. The van der Waals surface area contributed by atoms with E-state index in [1.165, 1.54) is 18.3 Å². The van der Waals surface area contributed by atoms with Gasteiger partial charge in [-0.25, -0.2) is 4.68 Å². The zero-order valence-corrected chi connectivity index (χ0v) is 10.6. The van der Waals surface area contributed by atoms with E-state index >= 15 is 0 Å². The number of hydrogen-bond donors (Lipinski definition) is 1. The van der Waals surface area contributed by atoms with Crippen molar-refractivity contribution in [1.29, 1.82) is 0 Å². The van der Waals surface area contributed by atoms with E-state index in [1.807, 2.05) is 0 Å². The van der Waals surface area contributed by atoms with Crippen LogP contribution < -0.4 is 0 Å². The summed E-state index contributed by atoms with van der Waals surface area (Å²) in [5.41, 5.74) is -0.487. The van der Waals surface area contributed by atoms with E-state index in [1.54, 1.807) is 0 Å². The van der Waals surface area contributed by atoms with Gasteiger partial charge in [-0.2, -0.15) is 18.3 Å². The van der Waals surface area contributed by atoms with E-state index in [0.29, 0.717) is 0 Å². The lowest BCUT2D eigenvalue weighted by molar-refractivity contribution is -0.138. The number of benzene rings is 1. The first-order valence-corrected chi connectivity index (χ1v) is 5.78. The Morgan fingerprint density at radius 1 is 1.40 bits per heavy atom. The molecule has 0 radical (unpaired) electrons. The fraction of sp³-hybridized carbons (Fsp3) is 0.167. The summed E-state index contributed by atoms with van der Waals surface area (Å²) in [6.07, 6.45) is -3.60. The molecule has 0 saturated carbocycles. The number of aromatic nitrogens is 2. The topological polar surface area (TPSA) is 55.1 Å². The summed E-state index contributed by atoms with van der Waals surface area (Å²) in [6, 6.07) is 4.45. The molecule has 1 heterocycles. The normalized spacial score (nSPS) is 11.6. The number of alkyl halides is 3. The second-order valence-electron chi connectivity index (χ2n) is 3.99. The van der Waals surface area contributed by atoms with Crippen LogP contribution >= 0.6 is 11.6 Å². The van der Waals surface area contributed by atoms with Gasteiger partial charge in [-0.1, -0.05) is 17.7 Å². The second kappa shape index (κ2) is 5.16. The molecular weight excluding hydrogens is 297 g/mol. The van der Waals surface area contributed by atoms with Crippen molar-refractivity contribution in [2.75, 3.05) is 0 Å². The Morgan fingerprint density at radius 3 is 2.70 bits per heavy atom. The highest BCUT2D eigenvalue weighted by atomic mass is 35.5. The number of carbonyl (C=O) groups is 1. The van der Waals surface area contributed by atoms with Crippen LogP contribution in [-0.4, -0.2) is 20.9 Å². The van der Waals surface area contributed by atoms with Gasteiger partial charge in [0.25, 0.3) is 0 Å². The van der Waals surface area contributed by atoms with Crippen molar-refractivity contribution < 1.29 is 23.1 Å². The van der Waals surface area contributed by atoms with Gasteiger partial charge in [-0.3, -0.25) is 4.79 Å². The smallest absolute Gasteiger partial charge is 0.416 e. The minimum Gasteiger partial charge on any atom is -0.481 e. The molecule has 8 heteroatoms. The fourth-order valence-corrected chi connectivity index (χ4v) is 1.90. The predicted octanol–water partition coefficient (Wildman–Crippen LogP) is 3.17. The van der Waals surface area contributed by atoms with Crippen molar-refractivity contribution >= 4 is 17.6 Å². The standard InChI is InChI=1S/C12H8ClF3N2O2/c13-11-7(4-10(19)20)6-17-18(11)9-3-1-2-8(5-9)12(14,15)16/h1-3,5-6H,4H2,(H,19,20). The minimum absolute atomic E-state index is 0.0216. The van der Waals surface area contributed by atoms with E-state index < -0.39 is 17.7 Å². The van der Waals surface area contributed by atoms with Crippen molar-refractivity contribution in [3.63, 3.8) is 0 Å². The third-order valence-corrected chi connectivity index (χ3v) is 2.94. The van der Waals surface area contributed by atoms with Crippen LogP contribution in [0.3, 0.4) is 0 Å². The van der Waals surface area contributed by atoms with Gasteiger partial charge in [0.2, 0.25) is 0 Å². The van der Waals surface area contributed by atoms with Crippen LogP contribution in [-0.2, 0) is 17.4 Å². The Balaban J connectivity index is 2.42. The van der Waals surface area contributed by atoms with Crippen molar-refractivity contribution in [3.05, 3.63) is 46.7 Å². The number of nitrogens with zero attached hydrogens (tertiary/aromatic N) is 2. The van der Waals surface area contributed by atoms with Crippen LogP contribution in [0.4, 0.5) is 13.2 Å². The van der Waals surface area contributed by atoms with Gasteiger partial charge in [0.15, 0.2) is 0 Å². The van der Waals surface area contributed by atoms with Crippen LogP contribution in [0.25, 0.3) is 5.69 Å². The lowest BCUT2D eigenvalue weighted by Crippen LogP contribution is -2.06. The van der Waals surface area contributed by atoms with Crippen molar-refractivity contribution in [2.24, 2.45) is 0 Å². The lowest BCUT2D eigenvalue weighted by atomic mass is 10.2. The van der Waals surface area contributed by atoms with Crippen LogP contribution in [0.2, 0.25) is 5.15 Å². The number of aliphatic carboxylic acids is 1. The molecule has 1 aromatic carbocycles. The van der Waals surface area contributed by atoms with Crippen LogP contribution in [0, 0.1) is 0 Å². The maximum absolute atomic E-state index is 12.6. The Bertz CT molecular complexity index is 652. The van der Waals surface area contributed by atoms with Gasteiger partial charge in [-0.05, 0) is 18.2 Å². The Morgan fingerprint density at radius 2 is 2.10 bits per heavy atom. The molecule has 2 aromatic rings. The number of carboxylic acids is 1. The Labute approximate surface area is 116 Å². The summed E-state index contributed by atoms with van der Waals surface area (Å²) < 4.78 is 38.9. The third kappa shape index (κ3) is 2.93. The van der Waals surface area contributed by atoms with E-state index in [0.717, 1.165) is 16.8 Å². The highest BCUT2D eigenvalue weighted by Crippen LogP contribution is 2.31. The number of hydrogen-bond acceptors (Lipinski definition) is 2. The summed E-state index contributed by atoms with van der Waals surface area (Å²) in [5.74, 6) is -1.10. The maximum Gasteiger partial charge on any atom is 0.416 e. The molecule has 0 amide bonds. The van der Waals surface area contributed by atoms with Crippen LogP contribution in [0.5, 0.6) is 0 Å². The molecule has 1 N–H and O–H groups in total. The predicted molar refractivity (Wildman–Crippen MR) is 64.9 cm³/mol. The molecule has 0 aliphatic rings. The molecular formula is C12H8ClF3N2O2. The molecule has 0 bridgehead atoms. The summed E-state index contributed by atoms with van der Waals surface area (Å²) in [7, 11) is 0. The first kappa shape index (κ1) is 14.4. The highest BCUT2D eigenvalue weighted by Gasteiger charge is 2.30. The van der Waals surface area contributed by atoms with Crippen LogP contribution in [0.15, 0.2) is 30.5 Å². The van der Waals surface area contributed by atoms with Crippen LogP contribution in [0.1, 0.15) is 11.1 Å². The molecule has 0 aliphatic carbocycles. The fourth-order valence-electron chi connectivity index (χ4n) is 1.64. The maximum atomic E-state index is 12.6. The molecule has 0 atom stereocenters. The highest BCUT2D eigenvalue weighted by molar-refractivity contribution is 6.30. The van der Waals surface area contributed by atoms with Gasteiger partial charge in [0.1, 0.15) is 5.15 Å². The molecule has 2 rings (SSSR count). The molecule has 0 saturated heterocycles. The molecule has 0 fully saturated rings. The molecule has 20 heavy (non-hydrogen) atoms. The molecule has 0 spiro atoms. The Hall–Kier alpha value is -2.02. The zero-order valence-electron chi connectivity index (χ0n) is 9.86. The molecule has 0 aliphatic heterocycles. The molecule has 0 unspecified atom stereocenters.